The van der Waals surface area contributed by atoms with Crippen molar-refractivity contribution in [2.45, 2.75) is 367 Å². The molecule has 0 radical (unpaired) electrons. The van der Waals surface area contributed by atoms with Gasteiger partial charge in [0.15, 0.2) is 12.2 Å². The second-order valence-electron chi connectivity index (χ2n) is 24.2. The van der Waals surface area contributed by atoms with Crippen LogP contribution < -0.4 is 0 Å². The number of phosphoric acid groups is 2. The highest BCUT2D eigenvalue weighted by molar-refractivity contribution is 7.47. The van der Waals surface area contributed by atoms with Crippen LogP contribution in [0.2, 0.25) is 0 Å². The largest absolute Gasteiger partial charge is 0.472 e. The lowest BCUT2D eigenvalue weighted by molar-refractivity contribution is -0.161. The number of hydrogen-bond acceptors (Lipinski definition) is 15. The molecule has 5 atom stereocenters. The summed E-state index contributed by atoms with van der Waals surface area (Å²) in [7, 11) is -9.89. The second kappa shape index (κ2) is 61.9. The summed E-state index contributed by atoms with van der Waals surface area (Å²) in [5, 5.41) is 10.6. The lowest BCUT2D eigenvalue weighted by Crippen LogP contribution is -2.30. The molecule has 0 amide bonds. The fraction of sp³-hybridized carbons (Fsp3) is 0.940. The molecule has 0 aliphatic carbocycles. The van der Waals surface area contributed by atoms with Crippen molar-refractivity contribution in [2.75, 3.05) is 39.6 Å². The Morgan fingerprint density at radius 2 is 0.465 bits per heavy atom. The standard InChI is InChI=1S/C67H130O17P2/c1-5-9-13-17-21-25-28-29-30-31-32-34-38-42-46-50-54-67(72)84-63(58-78-65(70)52-48-44-40-37-33-26-22-18-14-10-6-2)60-82-86(75,76)80-56-61(68)55-79-85(73,74)81-59-62(57-77-64(69)51-47-43-39-35-24-20-16-12-8-4)83-66(71)53-49-45-41-36-27-23-19-15-11-7-3/h61-63,68H,5-60H2,1-4H3,(H,73,74)(H,75,76)/t61-,62+,63+/m0/s1. The molecule has 0 saturated carbocycles. The zero-order valence-corrected chi connectivity index (χ0v) is 57.1. The zero-order chi connectivity index (χ0) is 63.3. The highest BCUT2D eigenvalue weighted by Crippen LogP contribution is 2.45. The van der Waals surface area contributed by atoms with Crippen LogP contribution in [0, 0.1) is 0 Å². The van der Waals surface area contributed by atoms with E-state index in [0.717, 1.165) is 89.9 Å². The first kappa shape index (κ1) is 84.1. The van der Waals surface area contributed by atoms with Gasteiger partial charge in [-0.1, -0.05) is 297 Å². The molecule has 0 rings (SSSR count). The number of esters is 4. The van der Waals surface area contributed by atoms with Gasteiger partial charge < -0.3 is 33.8 Å². The Balaban J connectivity index is 5.21. The smallest absolute Gasteiger partial charge is 0.462 e. The van der Waals surface area contributed by atoms with Crippen LogP contribution in [0.15, 0.2) is 0 Å². The summed E-state index contributed by atoms with van der Waals surface area (Å²) in [5.41, 5.74) is 0. The van der Waals surface area contributed by atoms with E-state index in [1.54, 1.807) is 0 Å². The maximum absolute atomic E-state index is 13.0. The van der Waals surface area contributed by atoms with E-state index in [4.69, 9.17) is 37.0 Å². The van der Waals surface area contributed by atoms with Crippen molar-refractivity contribution in [1.29, 1.82) is 0 Å². The van der Waals surface area contributed by atoms with Gasteiger partial charge in [-0.25, -0.2) is 9.13 Å². The Morgan fingerprint density at radius 3 is 0.686 bits per heavy atom. The predicted octanol–water partition coefficient (Wildman–Crippen LogP) is 19.1. The van der Waals surface area contributed by atoms with E-state index in [-0.39, 0.29) is 25.7 Å². The topological polar surface area (TPSA) is 237 Å². The summed E-state index contributed by atoms with van der Waals surface area (Å²) in [6.07, 6.45) is 48.4. The number of ether oxygens (including phenoxy) is 4. The Hall–Kier alpha value is -1.94. The average Bonchev–Trinajstić information content (AvgIpc) is 3.71. The number of rotatable bonds is 68. The van der Waals surface area contributed by atoms with Gasteiger partial charge in [-0.05, 0) is 25.7 Å². The van der Waals surface area contributed by atoms with Crippen LogP contribution in [-0.4, -0.2) is 96.7 Å². The van der Waals surface area contributed by atoms with E-state index < -0.39 is 97.5 Å². The van der Waals surface area contributed by atoms with Crippen LogP contribution in [0.3, 0.4) is 0 Å². The molecule has 17 nitrogen and oxygen atoms in total. The maximum Gasteiger partial charge on any atom is 0.472 e. The minimum atomic E-state index is -4.95. The quantitative estimate of drug-likeness (QED) is 0.0222. The van der Waals surface area contributed by atoms with E-state index in [9.17, 15) is 43.2 Å². The Bertz CT molecular complexity index is 1650. The van der Waals surface area contributed by atoms with Gasteiger partial charge in [0.2, 0.25) is 0 Å². The fourth-order valence-corrected chi connectivity index (χ4v) is 11.7. The second-order valence-corrected chi connectivity index (χ2v) is 27.1. The number of aliphatic hydroxyl groups excluding tert-OH is 1. The Labute approximate surface area is 524 Å². The van der Waals surface area contributed by atoms with Gasteiger partial charge >= 0.3 is 39.5 Å². The number of carbonyl (C=O) groups is 4. The highest BCUT2D eigenvalue weighted by Gasteiger charge is 2.30. The fourth-order valence-electron chi connectivity index (χ4n) is 10.2. The van der Waals surface area contributed by atoms with Crippen molar-refractivity contribution in [3.8, 4) is 0 Å². The minimum Gasteiger partial charge on any atom is -0.462 e. The van der Waals surface area contributed by atoms with Crippen LogP contribution >= 0.6 is 15.6 Å². The number of aliphatic hydroxyl groups is 1. The monoisotopic (exact) mass is 1270 g/mol. The molecule has 510 valence electrons. The third-order valence-electron chi connectivity index (χ3n) is 15.6. The number of unbranched alkanes of at least 4 members (excludes halogenated alkanes) is 42. The summed E-state index contributed by atoms with van der Waals surface area (Å²) in [5.74, 6) is -2.13. The van der Waals surface area contributed by atoms with Crippen LogP contribution in [0.25, 0.3) is 0 Å². The SMILES string of the molecule is CCCCCCCCCCCCCCCCCCC(=O)O[C@H](COC(=O)CCCCCCCCCCCCC)COP(=O)(O)OC[C@@H](O)COP(=O)(O)OC[C@@H](COC(=O)CCCCCCCCCCC)OC(=O)CCCCCCCCCCCC. The Kier molecular flexibility index (Phi) is 60.5. The molecule has 3 N–H and O–H groups in total. The van der Waals surface area contributed by atoms with Gasteiger partial charge in [0.25, 0.3) is 0 Å². The number of hydrogen-bond donors (Lipinski definition) is 3. The molecule has 0 fully saturated rings. The third-order valence-corrected chi connectivity index (χ3v) is 17.5. The molecule has 0 aliphatic heterocycles. The van der Waals surface area contributed by atoms with Crippen LogP contribution in [0.5, 0.6) is 0 Å². The van der Waals surface area contributed by atoms with E-state index in [2.05, 4.69) is 27.7 Å². The van der Waals surface area contributed by atoms with Crippen molar-refractivity contribution in [2.24, 2.45) is 0 Å². The van der Waals surface area contributed by atoms with E-state index in [1.807, 2.05) is 0 Å². The minimum absolute atomic E-state index is 0.107. The van der Waals surface area contributed by atoms with Crippen LogP contribution in [-0.2, 0) is 65.4 Å². The molecule has 86 heavy (non-hydrogen) atoms. The molecule has 0 aromatic carbocycles. The third kappa shape index (κ3) is 60.9. The normalized spacial score (nSPS) is 14.1. The van der Waals surface area contributed by atoms with Crippen molar-refractivity contribution in [1.82, 2.24) is 0 Å². The van der Waals surface area contributed by atoms with Gasteiger partial charge in [-0.3, -0.25) is 37.3 Å². The summed E-state index contributed by atoms with van der Waals surface area (Å²) in [6.45, 7) is 4.90. The van der Waals surface area contributed by atoms with Gasteiger partial charge in [0, 0.05) is 25.7 Å². The van der Waals surface area contributed by atoms with Gasteiger partial charge in [-0.2, -0.15) is 0 Å². The zero-order valence-electron chi connectivity index (χ0n) is 55.3. The van der Waals surface area contributed by atoms with Crippen LogP contribution in [0.1, 0.15) is 349 Å². The molecule has 0 aromatic heterocycles. The van der Waals surface area contributed by atoms with Gasteiger partial charge in [0.05, 0.1) is 26.4 Å². The molecule has 0 spiro atoms. The van der Waals surface area contributed by atoms with Crippen molar-refractivity contribution < 1.29 is 80.2 Å². The van der Waals surface area contributed by atoms with Crippen molar-refractivity contribution in [3.63, 3.8) is 0 Å². The average molecular weight is 1270 g/mol. The first-order chi connectivity index (χ1) is 41.7. The van der Waals surface area contributed by atoms with E-state index >= 15 is 0 Å². The van der Waals surface area contributed by atoms with Crippen molar-refractivity contribution in [3.05, 3.63) is 0 Å². The van der Waals surface area contributed by atoms with Crippen molar-refractivity contribution >= 4 is 39.5 Å². The molecule has 0 aliphatic rings. The van der Waals surface area contributed by atoms with Gasteiger partial charge in [-0.15, -0.1) is 0 Å². The molecule has 0 bridgehead atoms. The summed E-state index contributed by atoms with van der Waals surface area (Å²) in [6, 6.07) is 0. The molecule has 0 aromatic rings. The first-order valence-corrected chi connectivity index (χ1v) is 38.3. The van der Waals surface area contributed by atoms with E-state index in [1.165, 1.54) is 180 Å². The number of phosphoric ester groups is 2. The van der Waals surface area contributed by atoms with E-state index in [0.29, 0.717) is 25.7 Å². The molecular weight excluding hydrogens is 1140 g/mol. The molecule has 0 saturated heterocycles. The molecule has 0 heterocycles. The Morgan fingerprint density at radius 1 is 0.279 bits per heavy atom. The molecule has 2 unspecified atom stereocenters. The highest BCUT2D eigenvalue weighted by atomic mass is 31.2. The molecule has 19 heteroatoms. The summed E-state index contributed by atoms with van der Waals surface area (Å²) >= 11 is 0. The van der Waals surface area contributed by atoms with Crippen LogP contribution in [0.4, 0.5) is 0 Å². The maximum atomic E-state index is 13.0. The first-order valence-electron chi connectivity index (χ1n) is 35.3. The predicted molar refractivity (Wildman–Crippen MR) is 345 cm³/mol. The lowest BCUT2D eigenvalue weighted by atomic mass is 10.0. The molecular formula is C67H130O17P2. The lowest BCUT2D eigenvalue weighted by Gasteiger charge is -2.21. The summed E-state index contributed by atoms with van der Waals surface area (Å²) < 4.78 is 68.1. The number of carbonyl (C=O) groups excluding carboxylic acids is 4. The summed E-state index contributed by atoms with van der Waals surface area (Å²) in [4.78, 5) is 72.3. The van der Waals surface area contributed by atoms with Gasteiger partial charge in [0.1, 0.15) is 19.3 Å².